The van der Waals surface area contributed by atoms with Crippen LogP contribution in [0.1, 0.15) is 19.4 Å². The summed E-state index contributed by atoms with van der Waals surface area (Å²) in [4.78, 5) is 12.2. The number of amides is 1. The van der Waals surface area contributed by atoms with E-state index in [1.165, 1.54) is 31.0 Å². The number of hydrogen-bond acceptors (Lipinski definition) is 5. The number of carbonyl (C=O) groups excluding carboxylic acids is 1. The maximum absolute atomic E-state index is 13.4. The molecular weight excluding hydrogens is 369 g/mol. The zero-order valence-corrected chi connectivity index (χ0v) is 16.5. The van der Waals surface area contributed by atoms with Crippen molar-refractivity contribution in [1.29, 1.82) is 0 Å². The van der Waals surface area contributed by atoms with E-state index >= 15 is 0 Å². The molecule has 0 aliphatic heterocycles. The summed E-state index contributed by atoms with van der Waals surface area (Å²) in [5.74, 6) is 2.07. The standard InChI is InChI=1S/C20H24FNO4S/c1-4-25-18-9-7-16(11-19(18)26-5-2)22-20(23)13-27-12-14-10-15(21)6-8-17(14)24-3/h6-11H,4-5,12-13H2,1-3H3,(H,22,23). The number of anilines is 1. The maximum atomic E-state index is 13.4. The normalized spacial score (nSPS) is 10.4. The summed E-state index contributed by atoms with van der Waals surface area (Å²) >= 11 is 1.38. The molecule has 0 aromatic heterocycles. The Morgan fingerprint density at radius 2 is 1.74 bits per heavy atom. The first kappa shape index (κ1) is 20.9. The van der Waals surface area contributed by atoms with Gasteiger partial charge < -0.3 is 19.5 Å². The molecule has 0 aliphatic rings. The highest BCUT2D eigenvalue weighted by Gasteiger charge is 2.10. The molecule has 0 fully saturated rings. The van der Waals surface area contributed by atoms with Crippen LogP contribution < -0.4 is 19.5 Å². The molecule has 0 atom stereocenters. The lowest BCUT2D eigenvalue weighted by molar-refractivity contribution is -0.113. The molecule has 2 rings (SSSR count). The minimum Gasteiger partial charge on any atom is -0.496 e. The van der Waals surface area contributed by atoms with Crippen molar-refractivity contribution in [1.82, 2.24) is 0 Å². The molecule has 0 aliphatic carbocycles. The molecule has 0 spiro atoms. The summed E-state index contributed by atoms with van der Waals surface area (Å²) in [6, 6.07) is 9.64. The Hall–Kier alpha value is -2.41. The zero-order valence-electron chi connectivity index (χ0n) is 15.7. The molecule has 2 aromatic rings. The fourth-order valence-electron chi connectivity index (χ4n) is 2.44. The van der Waals surface area contributed by atoms with E-state index in [9.17, 15) is 9.18 Å². The van der Waals surface area contributed by atoms with Crippen molar-refractivity contribution < 1.29 is 23.4 Å². The van der Waals surface area contributed by atoms with Crippen molar-refractivity contribution in [2.75, 3.05) is 31.4 Å². The predicted octanol–water partition coefficient (Wildman–Crippen LogP) is 4.50. The number of hydrogen-bond donors (Lipinski definition) is 1. The van der Waals surface area contributed by atoms with Gasteiger partial charge in [0.15, 0.2) is 11.5 Å². The summed E-state index contributed by atoms with van der Waals surface area (Å²) in [5, 5.41) is 2.84. The van der Waals surface area contributed by atoms with Crippen LogP contribution in [0.3, 0.4) is 0 Å². The number of rotatable bonds is 10. The number of thioether (sulfide) groups is 1. The van der Waals surface area contributed by atoms with Gasteiger partial charge in [-0.15, -0.1) is 11.8 Å². The van der Waals surface area contributed by atoms with Crippen LogP contribution in [0.2, 0.25) is 0 Å². The summed E-state index contributed by atoms with van der Waals surface area (Å²) in [6.45, 7) is 4.82. The highest BCUT2D eigenvalue weighted by atomic mass is 32.2. The Bertz CT molecular complexity index is 770. The van der Waals surface area contributed by atoms with Crippen molar-refractivity contribution in [3.05, 3.63) is 47.8 Å². The van der Waals surface area contributed by atoms with Crippen molar-refractivity contribution >= 4 is 23.4 Å². The molecule has 2 aromatic carbocycles. The van der Waals surface area contributed by atoms with Crippen LogP contribution in [0.5, 0.6) is 17.2 Å². The lowest BCUT2D eigenvalue weighted by atomic mass is 10.2. The maximum Gasteiger partial charge on any atom is 0.234 e. The monoisotopic (exact) mass is 393 g/mol. The van der Waals surface area contributed by atoms with E-state index in [2.05, 4.69) is 5.32 Å². The summed E-state index contributed by atoms with van der Waals surface area (Å²) in [6.07, 6.45) is 0. The molecule has 146 valence electrons. The number of ether oxygens (including phenoxy) is 3. The van der Waals surface area contributed by atoms with Gasteiger partial charge in [-0.2, -0.15) is 0 Å². The van der Waals surface area contributed by atoms with Crippen molar-refractivity contribution in [3.63, 3.8) is 0 Å². The second-order valence-electron chi connectivity index (χ2n) is 5.52. The lowest BCUT2D eigenvalue weighted by Gasteiger charge is -2.13. The van der Waals surface area contributed by atoms with Crippen LogP contribution in [0.25, 0.3) is 0 Å². The fourth-order valence-corrected chi connectivity index (χ4v) is 3.24. The number of halogens is 1. The van der Waals surface area contributed by atoms with E-state index in [4.69, 9.17) is 14.2 Å². The Kier molecular flexibility index (Phi) is 8.26. The van der Waals surface area contributed by atoms with Crippen molar-refractivity contribution in [2.45, 2.75) is 19.6 Å². The second-order valence-corrected chi connectivity index (χ2v) is 6.51. The number of methoxy groups -OCH3 is 1. The molecule has 0 saturated heterocycles. The number of nitrogens with one attached hydrogen (secondary N) is 1. The first-order valence-corrected chi connectivity index (χ1v) is 9.82. The first-order valence-electron chi connectivity index (χ1n) is 8.67. The zero-order chi connectivity index (χ0) is 19.6. The van der Waals surface area contributed by atoms with Gasteiger partial charge in [0.1, 0.15) is 11.6 Å². The van der Waals surface area contributed by atoms with E-state index in [-0.39, 0.29) is 17.5 Å². The van der Waals surface area contributed by atoms with Crippen LogP contribution in [-0.2, 0) is 10.5 Å². The average molecular weight is 393 g/mol. The molecule has 1 amide bonds. The third-order valence-electron chi connectivity index (χ3n) is 3.56. The predicted molar refractivity (Wildman–Crippen MR) is 107 cm³/mol. The van der Waals surface area contributed by atoms with Crippen molar-refractivity contribution in [2.24, 2.45) is 0 Å². The fraction of sp³-hybridized carbons (Fsp3) is 0.350. The molecule has 27 heavy (non-hydrogen) atoms. The molecule has 0 radical (unpaired) electrons. The van der Waals surface area contributed by atoms with Crippen molar-refractivity contribution in [3.8, 4) is 17.2 Å². The smallest absolute Gasteiger partial charge is 0.234 e. The van der Waals surface area contributed by atoms with E-state index in [0.29, 0.717) is 41.9 Å². The highest BCUT2D eigenvalue weighted by Crippen LogP contribution is 2.31. The third-order valence-corrected chi connectivity index (χ3v) is 4.54. The van der Waals surface area contributed by atoms with Gasteiger partial charge in [0, 0.05) is 23.1 Å². The minimum atomic E-state index is -0.325. The highest BCUT2D eigenvalue weighted by molar-refractivity contribution is 7.99. The Morgan fingerprint density at radius 1 is 1.04 bits per heavy atom. The average Bonchev–Trinajstić information content (AvgIpc) is 2.64. The van der Waals surface area contributed by atoms with Gasteiger partial charge in [0.25, 0.3) is 0 Å². The van der Waals surface area contributed by atoms with Crippen LogP contribution in [0.15, 0.2) is 36.4 Å². The van der Waals surface area contributed by atoms with Crippen LogP contribution in [0, 0.1) is 5.82 Å². The molecule has 1 N–H and O–H groups in total. The van der Waals surface area contributed by atoms with Gasteiger partial charge in [-0.05, 0) is 44.2 Å². The summed E-state index contributed by atoms with van der Waals surface area (Å²) in [5.41, 5.74) is 1.35. The lowest BCUT2D eigenvalue weighted by Crippen LogP contribution is -2.14. The SMILES string of the molecule is CCOc1ccc(NC(=O)CSCc2cc(F)ccc2OC)cc1OCC. The number of carbonyl (C=O) groups is 1. The second kappa shape index (κ2) is 10.7. The van der Waals surface area contributed by atoms with Gasteiger partial charge in [-0.25, -0.2) is 4.39 Å². The van der Waals surface area contributed by atoms with Gasteiger partial charge in [0.05, 0.1) is 26.1 Å². The van der Waals surface area contributed by atoms with E-state index in [1.54, 1.807) is 24.3 Å². The Balaban J connectivity index is 1.92. The quantitative estimate of drug-likeness (QED) is 0.644. The van der Waals surface area contributed by atoms with Crippen LogP contribution in [0.4, 0.5) is 10.1 Å². The third kappa shape index (κ3) is 6.36. The molecular formula is C20H24FNO4S. The Morgan fingerprint density at radius 3 is 2.44 bits per heavy atom. The van der Waals surface area contributed by atoms with Gasteiger partial charge in [0.2, 0.25) is 5.91 Å². The molecule has 0 bridgehead atoms. The van der Waals surface area contributed by atoms with Crippen LogP contribution >= 0.6 is 11.8 Å². The van der Waals surface area contributed by atoms with E-state index in [1.807, 2.05) is 13.8 Å². The largest absolute Gasteiger partial charge is 0.496 e. The van der Waals surface area contributed by atoms with Crippen LogP contribution in [-0.4, -0.2) is 32.0 Å². The van der Waals surface area contributed by atoms with Gasteiger partial charge in [-0.1, -0.05) is 0 Å². The topological polar surface area (TPSA) is 56.8 Å². The van der Waals surface area contributed by atoms with Gasteiger partial charge in [-0.3, -0.25) is 4.79 Å². The molecule has 0 unspecified atom stereocenters. The first-order chi connectivity index (χ1) is 13.1. The summed E-state index contributed by atoms with van der Waals surface area (Å²) in [7, 11) is 1.54. The molecule has 5 nitrogen and oxygen atoms in total. The number of benzene rings is 2. The molecule has 0 saturated carbocycles. The van der Waals surface area contributed by atoms with E-state index in [0.717, 1.165) is 5.56 Å². The van der Waals surface area contributed by atoms with Gasteiger partial charge >= 0.3 is 0 Å². The molecule has 7 heteroatoms. The summed E-state index contributed by atoms with van der Waals surface area (Å²) < 4.78 is 29.7. The van der Waals surface area contributed by atoms with E-state index < -0.39 is 0 Å². The minimum absolute atomic E-state index is 0.151. The Labute approximate surface area is 163 Å². The molecule has 0 heterocycles.